The number of carbonyl (C=O) groups excluding carboxylic acids is 2. The van der Waals surface area contributed by atoms with Crippen molar-refractivity contribution in [1.29, 1.82) is 0 Å². The molecule has 0 saturated heterocycles. The minimum atomic E-state index is -0.861. The highest BCUT2D eigenvalue weighted by Crippen LogP contribution is 2.13. The zero-order chi connectivity index (χ0) is 16.5. The van der Waals surface area contributed by atoms with Gasteiger partial charge in [0.05, 0.1) is 0 Å². The molecule has 0 saturated carbocycles. The van der Waals surface area contributed by atoms with E-state index in [1.165, 1.54) is 64.2 Å². The molecule has 0 radical (unpaired) electrons. The Kier molecular flexibility index (Phi) is 15.8. The lowest BCUT2D eigenvalue weighted by atomic mass is 10.0. The van der Waals surface area contributed by atoms with Crippen LogP contribution in [0.4, 0.5) is 0 Å². The van der Waals surface area contributed by atoms with Gasteiger partial charge in [0.1, 0.15) is 6.61 Å². The molecule has 0 aliphatic heterocycles. The molecule has 0 amide bonds. The third-order valence-electron chi connectivity index (χ3n) is 3.84. The number of carbonyl (C=O) groups is 2. The van der Waals surface area contributed by atoms with Crippen molar-refractivity contribution in [3.63, 3.8) is 0 Å². The van der Waals surface area contributed by atoms with Gasteiger partial charge < -0.3 is 9.84 Å². The van der Waals surface area contributed by atoms with Crippen LogP contribution in [-0.4, -0.2) is 23.7 Å². The average molecular weight is 314 g/mol. The zero-order valence-electron chi connectivity index (χ0n) is 14.3. The summed E-state index contributed by atoms with van der Waals surface area (Å²) in [6.45, 7) is 1.52. The van der Waals surface area contributed by atoms with E-state index in [2.05, 4.69) is 11.7 Å². The molecule has 0 aromatic carbocycles. The Labute approximate surface area is 135 Å². The maximum Gasteiger partial charge on any atom is 0.339 e. The van der Waals surface area contributed by atoms with Gasteiger partial charge in [-0.3, -0.25) is 4.79 Å². The molecule has 0 bridgehead atoms. The average Bonchev–Trinajstić information content (AvgIpc) is 2.51. The molecule has 0 fully saturated rings. The van der Waals surface area contributed by atoms with E-state index in [4.69, 9.17) is 5.11 Å². The smallest absolute Gasteiger partial charge is 0.339 e. The Balaban J connectivity index is 3.14. The van der Waals surface area contributed by atoms with Crippen molar-refractivity contribution in [1.82, 2.24) is 0 Å². The molecule has 130 valence electrons. The van der Waals surface area contributed by atoms with E-state index < -0.39 is 18.5 Å². The summed E-state index contributed by atoms with van der Waals surface area (Å²) in [4.78, 5) is 21.8. The van der Waals surface area contributed by atoms with Crippen LogP contribution in [0.3, 0.4) is 0 Å². The van der Waals surface area contributed by atoms with Crippen molar-refractivity contribution in [3.8, 4) is 0 Å². The van der Waals surface area contributed by atoms with Crippen molar-refractivity contribution in [2.24, 2.45) is 0 Å². The minimum absolute atomic E-state index is 0.267. The highest BCUT2D eigenvalue weighted by molar-refractivity contribution is 5.85. The lowest BCUT2D eigenvalue weighted by Crippen LogP contribution is -2.14. The number of ether oxygens (including phenoxy) is 1. The van der Waals surface area contributed by atoms with Gasteiger partial charge in [-0.25, -0.2) is 4.79 Å². The first kappa shape index (κ1) is 21.1. The molecule has 1 N–H and O–H groups in total. The van der Waals surface area contributed by atoms with Gasteiger partial charge in [0, 0.05) is 6.42 Å². The maximum atomic E-state index is 11.2. The van der Waals surface area contributed by atoms with E-state index in [9.17, 15) is 9.59 Å². The summed E-state index contributed by atoms with van der Waals surface area (Å²) in [7, 11) is 0. The summed E-state index contributed by atoms with van der Waals surface area (Å²) >= 11 is 0. The standard InChI is InChI=1S/C18H34O4/c1-2-3-4-5-6-7-8-9-10-11-12-13-14-15-17(20)22-18(21)16-19/h19H,2-16H2,1H3. The first-order valence-corrected chi connectivity index (χ1v) is 9.05. The Bertz CT molecular complexity index is 276. The number of rotatable bonds is 15. The molecule has 0 rings (SSSR count). The second-order valence-electron chi connectivity index (χ2n) is 6.00. The SMILES string of the molecule is CCCCCCCCCCCCCCCC(=O)OC(=O)CO. The van der Waals surface area contributed by atoms with Gasteiger partial charge in [0.25, 0.3) is 0 Å². The molecule has 0 heterocycles. The van der Waals surface area contributed by atoms with Crippen LogP contribution in [0.1, 0.15) is 96.8 Å². The molecular formula is C18H34O4. The molecule has 22 heavy (non-hydrogen) atoms. The highest BCUT2D eigenvalue weighted by Gasteiger charge is 2.08. The number of hydrogen-bond acceptors (Lipinski definition) is 4. The van der Waals surface area contributed by atoms with Crippen molar-refractivity contribution < 1.29 is 19.4 Å². The topological polar surface area (TPSA) is 63.6 Å². The van der Waals surface area contributed by atoms with Crippen LogP contribution in [0, 0.1) is 0 Å². The van der Waals surface area contributed by atoms with Crippen molar-refractivity contribution in [2.75, 3.05) is 6.61 Å². The van der Waals surface area contributed by atoms with Gasteiger partial charge in [-0.1, -0.05) is 84.0 Å². The third kappa shape index (κ3) is 15.5. The van der Waals surface area contributed by atoms with Gasteiger partial charge >= 0.3 is 11.9 Å². The largest absolute Gasteiger partial charge is 0.391 e. The molecule has 0 aromatic rings. The lowest BCUT2D eigenvalue weighted by molar-refractivity contribution is -0.161. The fourth-order valence-corrected chi connectivity index (χ4v) is 2.50. The van der Waals surface area contributed by atoms with E-state index in [1.807, 2.05) is 0 Å². The molecular weight excluding hydrogens is 280 g/mol. The number of aliphatic hydroxyl groups excluding tert-OH is 1. The minimum Gasteiger partial charge on any atom is -0.391 e. The summed E-state index contributed by atoms with van der Waals surface area (Å²) in [6.07, 6.45) is 16.6. The summed E-state index contributed by atoms with van der Waals surface area (Å²) < 4.78 is 4.38. The normalized spacial score (nSPS) is 10.6. The first-order valence-electron chi connectivity index (χ1n) is 9.05. The summed E-state index contributed by atoms with van der Waals surface area (Å²) in [6, 6.07) is 0. The number of aliphatic hydroxyl groups is 1. The molecule has 0 atom stereocenters. The predicted molar refractivity (Wildman–Crippen MR) is 88.5 cm³/mol. The summed E-state index contributed by atoms with van der Waals surface area (Å²) in [5.41, 5.74) is 0. The first-order chi connectivity index (χ1) is 10.7. The van der Waals surface area contributed by atoms with Crippen LogP contribution in [-0.2, 0) is 14.3 Å². The van der Waals surface area contributed by atoms with Crippen molar-refractivity contribution in [3.05, 3.63) is 0 Å². The Hall–Kier alpha value is -0.900. The molecule has 0 spiro atoms. The van der Waals surface area contributed by atoms with Crippen LogP contribution < -0.4 is 0 Å². The molecule has 0 aliphatic carbocycles. The number of hydrogen-bond donors (Lipinski definition) is 1. The van der Waals surface area contributed by atoms with Gasteiger partial charge in [0.15, 0.2) is 0 Å². The fourth-order valence-electron chi connectivity index (χ4n) is 2.50. The fraction of sp³-hybridized carbons (Fsp3) is 0.889. The second-order valence-corrected chi connectivity index (χ2v) is 6.00. The van der Waals surface area contributed by atoms with E-state index in [0.29, 0.717) is 0 Å². The van der Waals surface area contributed by atoms with Crippen molar-refractivity contribution >= 4 is 11.9 Å². The Morgan fingerprint density at radius 2 is 1.09 bits per heavy atom. The van der Waals surface area contributed by atoms with Crippen LogP contribution >= 0.6 is 0 Å². The van der Waals surface area contributed by atoms with Gasteiger partial charge in [0.2, 0.25) is 0 Å². The van der Waals surface area contributed by atoms with Gasteiger partial charge in [-0.15, -0.1) is 0 Å². The van der Waals surface area contributed by atoms with Gasteiger partial charge in [-0.05, 0) is 6.42 Å². The number of esters is 2. The second kappa shape index (κ2) is 16.5. The predicted octanol–water partition coefficient (Wildman–Crippen LogP) is 4.53. The highest BCUT2D eigenvalue weighted by atomic mass is 16.6. The zero-order valence-corrected chi connectivity index (χ0v) is 14.3. The van der Waals surface area contributed by atoms with Crippen LogP contribution in [0.25, 0.3) is 0 Å². The lowest BCUT2D eigenvalue weighted by Gasteiger charge is -2.03. The molecule has 0 aliphatic rings. The van der Waals surface area contributed by atoms with Crippen LogP contribution in [0.5, 0.6) is 0 Å². The Morgan fingerprint density at radius 1 is 0.682 bits per heavy atom. The summed E-state index contributed by atoms with van der Waals surface area (Å²) in [5, 5.41) is 8.44. The molecule has 4 heteroatoms. The van der Waals surface area contributed by atoms with E-state index in [0.717, 1.165) is 19.3 Å². The quantitative estimate of drug-likeness (QED) is 0.274. The van der Waals surface area contributed by atoms with Crippen molar-refractivity contribution in [2.45, 2.75) is 96.8 Å². The molecule has 4 nitrogen and oxygen atoms in total. The summed E-state index contributed by atoms with van der Waals surface area (Å²) in [5.74, 6) is -1.39. The van der Waals surface area contributed by atoms with Crippen LogP contribution in [0.15, 0.2) is 0 Å². The van der Waals surface area contributed by atoms with E-state index >= 15 is 0 Å². The molecule has 0 unspecified atom stereocenters. The van der Waals surface area contributed by atoms with E-state index in [-0.39, 0.29) is 6.42 Å². The third-order valence-corrected chi connectivity index (χ3v) is 3.84. The van der Waals surface area contributed by atoms with Crippen LogP contribution in [0.2, 0.25) is 0 Å². The molecule has 0 aromatic heterocycles. The Morgan fingerprint density at radius 3 is 1.50 bits per heavy atom. The maximum absolute atomic E-state index is 11.2. The number of unbranched alkanes of at least 4 members (excludes halogenated alkanes) is 12. The monoisotopic (exact) mass is 314 g/mol. The van der Waals surface area contributed by atoms with Gasteiger partial charge in [-0.2, -0.15) is 0 Å². The van der Waals surface area contributed by atoms with E-state index in [1.54, 1.807) is 0 Å².